The summed E-state index contributed by atoms with van der Waals surface area (Å²) in [4.78, 5) is 1.18. The van der Waals surface area contributed by atoms with Gasteiger partial charge in [0, 0.05) is 18.0 Å². The van der Waals surface area contributed by atoms with E-state index in [4.69, 9.17) is 9.47 Å². The van der Waals surface area contributed by atoms with Crippen molar-refractivity contribution in [2.45, 2.75) is 30.9 Å². The van der Waals surface area contributed by atoms with Crippen molar-refractivity contribution in [1.82, 2.24) is 5.32 Å². The van der Waals surface area contributed by atoms with Crippen LogP contribution >= 0.6 is 11.8 Å². The van der Waals surface area contributed by atoms with Crippen LogP contribution in [-0.4, -0.2) is 37.2 Å². The third-order valence-electron chi connectivity index (χ3n) is 3.11. The molecule has 1 aromatic carbocycles. The van der Waals surface area contributed by atoms with Gasteiger partial charge in [-0.3, -0.25) is 0 Å². The molecule has 0 amide bonds. The molecule has 0 fully saturated rings. The van der Waals surface area contributed by atoms with Crippen LogP contribution in [0.25, 0.3) is 0 Å². The fraction of sp³-hybridized carbons (Fsp3) is 0.571. The molecule has 0 radical (unpaired) electrons. The van der Waals surface area contributed by atoms with Crippen molar-refractivity contribution in [3.8, 4) is 11.5 Å². The van der Waals surface area contributed by atoms with E-state index in [1.807, 2.05) is 19.1 Å². The lowest BCUT2D eigenvalue weighted by Gasteiger charge is -2.21. The Balaban J connectivity index is 2.06. The molecule has 4 nitrogen and oxygen atoms in total. The molecule has 1 atom stereocenters. The molecule has 1 aliphatic heterocycles. The Morgan fingerprint density at radius 2 is 2.00 bits per heavy atom. The van der Waals surface area contributed by atoms with Gasteiger partial charge in [-0.1, -0.05) is 6.92 Å². The van der Waals surface area contributed by atoms with Crippen LogP contribution in [0.4, 0.5) is 0 Å². The lowest BCUT2D eigenvalue weighted by atomic mass is 10.2. The summed E-state index contributed by atoms with van der Waals surface area (Å²) in [6.45, 7) is 4.53. The van der Waals surface area contributed by atoms with Gasteiger partial charge >= 0.3 is 0 Å². The Labute approximate surface area is 118 Å². The van der Waals surface area contributed by atoms with E-state index >= 15 is 0 Å². The minimum Gasteiger partial charge on any atom is -0.486 e. The first-order valence-electron chi connectivity index (χ1n) is 6.60. The molecule has 0 aliphatic carbocycles. The number of aliphatic hydroxyl groups excluding tert-OH is 1. The fourth-order valence-electron chi connectivity index (χ4n) is 1.96. The highest BCUT2D eigenvalue weighted by molar-refractivity contribution is 7.98. The predicted octanol–water partition coefficient (Wildman–Crippen LogP) is 2.04. The summed E-state index contributed by atoms with van der Waals surface area (Å²) in [5.41, 5.74) is 1.18. The average Bonchev–Trinajstić information content (AvgIpc) is 2.46. The molecule has 19 heavy (non-hydrogen) atoms. The van der Waals surface area contributed by atoms with Gasteiger partial charge in [-0.2, -0.15) is 0 Å². The number of nitrogens with one attached hydrogen (secondary N) is 1. The van der Waals surface area contributed by atoms with Crippen molar-refractivity contribution in [3.05, 3.63) is 17.7 Å². The van der Waals surface area contributed by atoms with Crippen molar-refractivity contribution in [2.24, 2.45) is 0 Å². The van der Waals surface area contributed by atoms with Crippen LogP contribution in [0, 0.1) is 0 Å². The summed E-state index contributed by atoms with van der Waals surface area (Å²) in [6, 6.07) is 4.07. The van der Waals surface area contributed by atoms with Crippen LogP contribution in [0.15, 0.2) is 17.0 Å². The van der Waals surface area contributed by atoms with Crippen LogP contribution < -0.4 is 14.8 Å². The molecule has 2 N–H and O–H groups in total. The van der Waals surface area contributed by atoms with Crippen LogP contribution in [0.1, 0.15) is 18.9 Å². The van der Waals surface area contributed by atoms with Crippen LogP contribution in [0.2, 0.25) is 0 Å². The predicted molar refractivity (Wildman–Crippen MR) is 77.2 cm³/mol. The molecule has 1 aliphatic rings. The zero-order chi connectivity index (χ0) is 13.7. The highest BCUT2D eigenvalue weighted by atomic mass is 32.2. The van der Waals surface area contributed by atoms with Gasteiger partial charge < -0.3 is 19.9 Å². The van der Waals surface area contributed by atoms with Crippen molar-refractivity contribution in [1.29, 1.82) is 0 Å². The zero-order valence-corrected chi connectivity index (χ0v) is 12.3. The number of benzene rings is 1. The third kappa shape index (κ3) is 3.78. The number of hydrogen-bond acceptors (Lipinski definition) is 5. The maximum atomic E-state index is 9.54. The maximum absolute atomic E-state index is 9.54. The van der Waals surface area contributed by atoms with Gasteiger partial charge in [0.05, 0.1) is 6.10 Å². The van der Waals surface area contributed by atoms with Gasteiger partial charge in [0.25, 0.3) is 0 Å². The van der Waals surface area contributed by atoms with E-state index in [1.165, 1.54) is 10.5 Å². The fourth-order valence-corrected chi connectivity index (χ4v) is 2.58. The Morgan fingerprint density at radius 1 is 1.32 bits per heavy atom. The van der Waals surface area contributed by atoms with E-state index in [2.05, 4.69) is 11.6 Å². The minimum absolute atomic E-state index is 0.282. The minimum atomic E-state index is -0.282. The normalized spacial score (nSPS) is 15.3. The molecule has 0 saturated heterocycles. The Kier molecular flexibility index (Phi) is 5.36. The summed E-state index contributed by atoms with van der Waals surface area (Å²) < 4.78 is 11.2. The Bertz CT molecular complexity index is 425. The van der Waals surface area contributed by atoms with Gasteiger partial charge in [0.15, 0.2) is 11.5 Å². The molecule has 0 bridgehead atoms. The van der Waals surface area contributed by atoms with Gasteiger partial charge in [0.1, 0.15) is 13.2 Å². The molecule has 0 aromatic heterocycles. The molecule has 2 rings (SSSR count). The average molecular weight is 283 g/mol. The number of thioether (sulfide) groups is 1. The van der Waals surface area contributed by atoms with E-state index < -0.39 is 0 Å². The lowest BCUT2D eigenvalue weighted by molar-refractivity contribution is 0.166. The monoisotopic (exact) mass is 283 g/mol. The largest absolute Gasteiger partial charge is 0.486 e. The second kappa shape index (κ2) is 7.03. The van der Waals surface area contributed by atoms with E-state index in [0.717, 1.165) is 24.5 Å². The molecule has 1 unspecified atom stereocenters. The third-order valence-corrected chi connectivity index (χ3v) is 3.93. The Hall–Kier alpha value is -0.910. The quantitative estimate of drug-likeness (QED) is 0.783. The molecular weight excluding hydrogens is 262 g/mol. The topological polar surface area (TPSA) is 50.7 Å². The number of ether oxygens (including phenoxy) is 2. The van der Waals surface area contributed by atoms with Crippen LogP contribution in [0.5, 0.6) is 11.5 Å². The summed E-state index contributed by atoms with van der Waals surface area (Å²) in [5, 5.41) is 12.8. The lowest BCUT2D eigenvalue weighted by Crippen LogP contribution is -2.26. The molecule has 106 valence electrons. The zero-order valence-electron chi connectivity index (χ0n) is 11.4. The van der Waals surface area contributed by atoms with Crippen LogP contribution in [0.3, 0.4) is 0 Å². The smallest absolute Gasteiger partial charge is 0.162 e. The van der Waals surface area contributed by atoms with Crippen molar-refractivity contribution >= 4 is 11.8 Å². The first-order valence-corrected chi connectivity index (χ1v) is 7.82. The standard InChI is InChI=1S/C14H21NO3S/c1-3-11(16)9-15-8-10-6-12-13(7-14(10)19-2)18-5-4-17-12/h6-7,11,15-16H,3-5,8-9H2,1-2H3. The molecular formula is C14H21NO3S. The van der Waals surface area contributed by atoms with Crippen molar-refractivity contribution in [2.75, 3.05) is 26.0 Å². The van der Waals surface area contributed by atoms with Crippen molar-refractivity contribution in [3.63, 3.8) is 0 Å². The molecule has 1 heterocycles. The number of rotatable bonds is 6. The molecule has 1 aromatic rings. The van der Waals surface area contributed by atoms with E-state index in [0.29, 0.717) is 19.8 Å². The van der Waals surface area contributed by atoms with Crippen LogP contribution in [-0.2, 0) is 6.54 Å². The molecule has 0 saturated carbocycles. The highest BCUT2D eigenvalue weighted by Gasteiger charge is 2.15. The summed E-state index contributed by atoms with van der Waals surface area (Å²) in [5.74, 6) is 1.64. The Morgan fingerprint density at radius 3 is 2.63 bits per heavy atom. The van der Waals surface area contributed by atoms with Crippen molar-refractivity contribution < 1.29 is 14.6 Å². The summed E-state index contributed by atoms with van der Waals surface area (Å²) in [6.07, 6.45) is 2.54. The van der Waals surface area contributed by atoms with Gasteiger partial charge in [0.2, 0.25) is 0 Å². The highest BCUT2D eigenvalue weighted by Crippen LogP contribution is 2.36. The summed E-state index contributed by atoms with van der Waals surface area (Å²) >= 11 is 1.69. The van der Waals surface area contributed by atoms with Gasteiger partial charge in [-0.05, 0) is 30.4 Å². The first kappa shape index (κ1) is 14.5. The van der Waals surface area contributed by atoms with Gasteiger partial charge in [-0.25, -0.2) is 0 Å². The molecule has 5 heteroatoms. The second-order valence-corrected chi connectivity index (χ2v) is 5.35. The van der Waals surface area contributed by atoms with E-state index in [9.17, 15) is 5.11 Å². The van der Waals surface area contributed by atoms with Gasteiger partial charge in [-0.15, -0.1) is 11.8 Å². The van der Waals surface area contributed by atoms with E-state index in [-0.39, 0.29) is 6.10 Å². The summed E-state index contributed by atoms with van der Waals surface area (Å²) in [7, 11) is 0. The van der Waals surface area contributed by atoms with E-state index in [1.54, 1.807) is 11.8 Å². The maximum Gasteiger partial charge on any atom is 0.162 e. The first-order chi connectivity index (χ1) is 9.24. The SMILES string of the molecule is CCC(O)CNCc1cc2c(cc1SC)OCCO2. The second-order valence-electron chi connectivity index (χ2n) is 4.50. The number of aliphatic hydroxyl groups is 1. The molecule has 0 spiro atoms. The number of fused-ring (bicyclic) bond motifs is 1. The number of hydrogen-bond donors (Lipinski definition) is 2.